The van der Waals surface area contributed by atoms with Crippen LogP contribution in [0.1, 0.15) is 11.1 Å². The van der Waals surface area contributed by atoms with Crippen LogP contribution in [0.15, 0.2) is 170 Å². The summed E-state index contributed by atoms with van der Waals surface area (Å²) in [6.45, 7) is 7.78. The third-order valence-electron chi connectivity index (χ3n) is 10.7. The maximum atomic E-state index is 9.86. The molecule has 3 heterocycles. The number of nitrogens with zero attached hydrogens (tertiary/aromatic N) is 6. The van der Waals surface area contributed by atoms with E-state index in [-0.39, 0.29) is 0 Å². The summed E-state index contributed by atoms with van der Waals surface area (Å²) in [4.78, 5) is 9.01. The lowest BCUT2D eigenvalue weighted by Gasteiger charge is -2.17. The van der Waals surface area contributed by atoms with Gasteiger partial charge in [0.1, 0.15) is 5.82 Å². The summed E-state index contributed by atoms with van der Waals surface area (Å²) in [6.07, 6.45) is 1.95. The number of aromatic nitrogens is 3. The van der Waals surface area contributed by atoms with E-state index in [1.807, 2.05) is 85.1 Å². The molecule has 0 amide bonds. The molecule has 0 saturated heterocycles. The molecule has 0 unspecified atom stereocenters. The second kappa shape index (κ2) is 13.0. The minimum atomic E-state index is 0.588. The average Bonchev–Trinajstić information content (AvgIpc) is 3.78. The van der Waals surface area contributed by atoms with Crippen molar-refractivity contribution in [2.45, 2.75) is 0 Å². The summed E-state index contributed by atoms with van der Waals surface area (Å²) in [5, 5.41) is 23.9. The molecule has 7 aromatic carbocycles. The Kier molecular flexibility index (Phi) is 7.53. The van der Waals surface area contributed by atoms with Crippen molar-refractivity contribution in [2.24, 2.45) is 0 Å². The number of pyridine rings is 1. The number of hydrogen-bond acceptors (Lipinski definition) is 3. The SMILES string of the molecule is [C-]#[N+]c1ccccc1-c1ccc2c(c1)c1ccccc1n2-c1cnc(-n2c3ccccc3c3cc(-c4ccccc4C#N)ccc32)cc1-c1ccc(C#N)cc1. The topological polar surface area (TPSA) is 74.7 Å². The zero-order chi connectivity index (χ0) is 37.8. The molecule has 0 bridgehead atoms. The molecular formula is C50H28N6. The second-order valence-electron chi connectivity index (χ2n) is 13.7. The molecule has 6 nitrogen and oxygen atoms in total. The monoisotopic (exact) mass is 712 g/mol. The van der Waals surface area contributed by atoms with E-state index in [9.17, 15) is 10.5 Å². The molecule has 0 aliphatic rings. The summed E-state index contributed by atoms with van der Waals surface area (Å²) in [6, 6.07) is 59.4. The number of hydrogen-bond donors (Lipinski definition) is 0. The second-order valence-corrected chi connectivity index (χ2v) is 13.7. The first-order chi connectivity index (χ1) is 27.6. The van der Waals surface area contributed by atoms with Gasteiger partial charge in [-0.2, -0.15) is 10.5 Å². The molecule has 0 aliphatic heterocycles. The minimum Gasteiger partial charge on any atom is -0.307 e. The van der Waals surface area contributed by atoms with E-state index in [2.05, 4.69) is 111 Å². The molecule has 0 saturated carbocycles. The third-order valence-corrected chi connectivity index (χ3v) is 10.7. The summed E-state index contributed by atoms with van der Waals surface area (Å²) in [7, 11) is 0. The molecule has 0 fully saturated rings. The lowest BCUT2D eigenvalue weighted by Crippen LogP contribution is -2.03. The smallest absolute Gasteiger partial charge is 0.194 e. The van der Waals surface area contributed by atoms with Gasteiger partial charge in [0.2, 0.25) is 0 Å². The molecule has 10 aromatic rings. The molecule has 0 spiro atoms. The van der Waals surface area contributed by atoms with Crippen LogP contribution in [-0.2, 0) is 0 Å². The molecule has 0 atom stereocenters. The van der Waals surface area contributed by atoms with Crippen LogP contribution in [0.4, 0.5) is 5.69 Å². The Bertz CT molecular complexity index is 3340. The highest BCUT2D eigenvalue weighted by Gasteiger charge is 2.21. The predicted octanol–water partition coefficient (Wildman–Crippen LogP) is 12.6. The van der Waals surface area contributed by atoms with Gasteiger partial charge < -0.3 is 4.57 Å². The van der Waals surface area contributed by atoms with Crippen LogP contribution in [0.5, 0.6) is 0 Å². The van der Waals surface area contributed by atoms with Crippen LogP contribution >= 0.6 is 0 Å². The third kappa shape index (κ3) is 5.05. The first kappa shape index (κ1) is 32.4. The average molecular weight is 713 g/mol. The standard InChI is InChI=1S/C50H28N6/c1-53-44-15-7-4-12-38(44)35-23-24-47-42(27-35)39-13-5-8-16-45(39)55(47)49-31-54-50(28-41(49)33-20-18-32(29-51)19-21-33)56-46-17-9-6-14-40(46)43-26-34(22-25-48(43)56)37-11-3-2-10-36(37)30-52/h2-28,31H. The van der Waals surface area contributed by atoms with Gasteiger partial charge in [-0.25, -0.2) is 9.83 Å². The van der Waals surface area contributed by atoms with Gasteiger partial charge in [-0.3, -0.25) is 4.57 Å². The molecule has 3 aromatic heterocycles. The maximum Gasteiger partial charge on any atom is 0.194 e. The molecule has 56 heavy (non-hydrogen) atoms. The molecule has 0 N–H and O–H groups in total. The van der Waals surface area contributed by atoms with Gasteiger partial charge in [-0.1, -0.05) is 103 Å². The van der Waals surface area contributed by atoms with Crippen molar-refractivity contribution in [3.8, 4) is 57.0 Å². The van der Waals surface area contributed by atoms with E-state index in [1.54, 1.807) is 0 Å². The normalized spacial score (nSPS) is 11.2. The molecular weight excluding hydrogens is 685 g/mol. The molecule has 258 valence electrons. The van der Waals surface area contributed by atoms with E-state index in [0.29, 0.717) is 16.8 Å². The van der Waals surface area contributed by atoms with Crippen LogP contribution < -0.4 is 0 Å². The van der Waals surface area contributed by atoms with E-state index in [1.165, 1.54) is 0 Å². The number of benzene rings is 7. The Morgan fingerprint density at radius 3 is 1.71 bits per heavy atom. The van der Waals surface area contributed by atoms with Gasteiger partial charge in [0.15, 0.2) is 5.69 Å². The van der Waals surface area contributed by atoms with E-state index >= 15 is 0 Å². The summed E-state index contributed by atoms with van der Waals surface area (Å²) < 4.78 is 4.47. The molecule has 0 radical (unpaired) electrons. The van der Waals surface area contributed by atoms with Crippen LogP contribution in [0.2, 0.25) is 0 Å². The lowest BCUT2D eigenvalue weighted by molar-refractivity contribution is 1.06. The van der Waals surface area contributed by atoms with E-state index in [4.69, 9.17) is 11.6 Å². The Hall–Kier alpha value is -8.24. The largest absolute Gasteiger partial charge is 0.307 e. The Morgan fingerprint density at radius 1 is 0.482 bits per heavy atom. The lowest BCUT2D eigenvalue weighted by atomic mass is 9.98. The summed E-state index contributed by atoms with van der Waals surface area (Å²) >= 11 is 0. The van der Waals surface area contributed by atoms with Gasteiger partial charge in [0.05, 0.1) is 63.8 Å². The Morgan fingerprint density at radius 2 is 1.04 bits per heavy atom. The van der Waals surface area contributed by atoms with Gasteiger partial charge in [-0.05, 0) is 88.5 Å². The maximum absolute atomic E-state index is 9.86. The zero-order valence-corrected chi connectivity index (χ0v) is 29.8. The van der Waals surface area contributed by atoms with E-state index in [0.717, 1.165) is 88.5 Å². The van der Waals surface area contributed by atoms with Gasteiger partial charge in [-0.15, -0.1) is 0 Å². The van der Waals surface area contributed by atoms with Crippen molar-refractivity contribution in [2.75, 3.05) is 0 Å². The van der Waals surface area contributed by atoms with Gasteiger partial charge in [0.25, 0.3) is 0 Å². The van der Waals surface area contributed by atoms with Crippen molar-refractivity contribution < 1.29 is 0 Å². The van der Waals surface area contributed by atoms with Crippen LogP contribution in [0, 0.1) is 29.2 Å². The predicted molar refractivity (Wildman–Crippen MR) is 225 cm³/mol. The number of fused-ring (bicyclic) bond motifs is 6. The fourth-order valence-corrected chi connectivity index (χ4v) is 8.13. The van der Waals surface area contributed by atoms with Crippen LogP contribution in [0.3, 0.4) is 0 Å². The highest BCUT2D eigenvalue weighted by molar-refractivity contribution is 6.12. The highest BCUT2D eigenvalue weighted by Crippen LogP contribution is 2.41. The van der Waals surface area contributed by atoms with Crippen molar-refractivity contribution in [1.82, 2.24) is 14.1 Å². The van der Waals surface area contributed by atoms with Crippen molar-refractivity contribution in [3.63, 3.8) is 0 Å². The molecule has 10 rings (SSSR count). The first-order valence-corrected chi connectivity index (χ1v) is 18.2. The van der Waals surface area contributed by atoms with Crippen LogP contribution in [0.25, 0.3) is 93.3 Å². The Balaban J connectivity index is 1.22. The minimum absolute atomic E-state index is 0.588. The van der Waals surface area contributed by atoms with Crippen molar-refractivity contribution >= 4 is 49.3 Å². The number of rotatable bonds is 5. The van der Waals surface area contributed by atoms with Gasteiger partial charge in [0, 0.05) is 27.1 Å². The van der Waals surface area contributed by atoms with Crippen LogP contribution in [-0.4, -0.2) is 14.1 Å². The number of para-hydroxylation sites is 3. The zero-order valence-electron chi connectivity index (χ0n) is 29.8. The Labute approximate surface area is 322 Å². The van der Waals surface area contributed by atoms with Crippen molar-refractivity contribution in [3.05, 3.63) is 193 Å². The highest BCUT2D eigenvalue weighted by atomic mass is 15.1. The first-order valence-electron chi connectivity index (χ1n) is 18.2. The molecule has 0 aliphatic carbocycles. The van der Waals surface area contributed by atoms with E-state index < -0.39 is 0 Å². The van der Waals surface area contributed by atoms with Crippen molar-refractivity contribution in [1.29, 1.82) is 10.5 Å². The molecule has 6 heteroatoms. The fraction of sp³-hybridized carbons (Fsp3) is 0. The summed E-state index contributed by atoms with van der Waals surface area (Å²) in [5.74, 6) is 0.753. The fourth-order valence-electron chi connectivity index (χ4n) is 8.13. The van der Waals surface area contributed by atoms with Gasteiger partial charge >= 0.3 is 0 Å². The number of nitriles is 2. The quantitative estimate of drug-likeness (QED) is 0.167. The summed E-state index contributed by atoms with van der Waals surface area (Å²) in [5.41, 5.74) is 12.5.